The van der Waals surface area contributed by atoms with Crippen LogP contribution < -0.4 is 4.90 Å². The van der Waals surface area contributed by atoms with E-state index >= 15 is 4.39 Å². The summed E-state index contributed by atoms with van der Waals surface area (Å²) < 4.78 is 15.2. The smallest absolute Gasteiger partial charge is 0.271 e. The second-order valence-electron chi connectivity index (χ2n) is 13.3. The van der Waals surface area contributed by atoms with Gasteiger partial charge in [-0.15, -0.1) is 0 Å². The second kappa shape index (κ2) is 11.5. The third-order valence-electron chi connectivity index (χ3n) is 11.0. The molecule has 1 aliphatic heterocycles. The SMILES string of the molecule is O=C1C(c2ccccc2)=CC(=O)[C@@]2(c3ccccc3)[C@@H](c3ccc(O)c(F)c3)C3=CC[C@@H]4C(=O)N(c5cccc([N+](=O)[O-])c5)C(=O)[C@@H]4[C@@H]3C[C@@H]12. The number of allylic oxidation sites excluding steroid dienone is 4. The average Bonchev–Trinajstić information content (AvgIpc) is 3.39. The highest BCUT2D eigenvalue weighted by atomic mass is 19.1. The summed E-state index contributed by atoms with van der Waals surface area (Å²) in [5.41, 5.74) is 0.586. The molecule has 3 aliphatic carbocycles. The van der Waals surface area contributed by atoms with Crippen LogP contribution in [0.3, 0.4) is 0 Å². The lowest BCUT2D eigenvalue weighted by atomic mass is 9.44. The number of rotatable bonds is 5. The van der Waals surface area contributed by atoms with Crippen molar-refractivity contribution in [3.63, 3.8) is 0 Å². The Morgan fingerprint density at radius 3 is 2.26 bits per heavy atom. The van der Waals surface area contributed by atoms with Gasteiger partial charge in [-0.2, -0.15) is 0 Å². The predicted octanol–water partition coefficient (Wildman–Crippen LogP) is 6.47. The van der Waals surface area contributed by atoms with E-state index in [0.717, 1.165) is 4.90 Å². The van der Waals surface area contributed by atoms with Gasteiger partial charge in [0.1, 0.15) is 0 Å². The van der Waals surface area contributed by atoms with E-state index in [9.17, 15) is 34.4 Å². The molecule has 2 fully saturated rings. The van der Waals surface area contributed by atoms with Gasteiger partial charge in [-0.1, -0.05) is 84.4 Å². The monoisotopic (exact) mass is 668 g/mol. The first-order valence-electron chi connectivity index (χ1n) is 16.3. The number of ketones is 2. The number of fused-ring (bicyclic) bond motifs is 4. The number of amides is 2. The number of phenolic OH excluding ortho intramolecular Hbond substituents is 1. The number of carbonyl (C=O) groups excluding carboxylic acids is 4. The van der Waals surface area contributed by atoms with Crippen molar-refractivity contribution < 1.29 is 33.6 Å². The minimum atomic E-state index is -1.54. The number of nitro benzene ring substituents is 1. The molecule has 4 aromatic carbocycles. The second-order valence-corrected chi connectivity index (χ2v) is 13.3. The lowest BCUT2D eigenvalue weighted by molar-refractivity contribution is -0.384. The van der Waals surface area contributed by atoms with Crippen molar-refractivity contribution in [2.24, 2.45) is 23.7 Å². The highest BCUT2D eigenvalue weighted by molar-refractivity contribution is 6.32. The first-order valence-corrected chi connectivity index (χ1v) is 16.3. The standard InChI is InChI=1S/C40H29FN2O7/c41-32-18-23(14-17-33(32)44)36-27-15-16-28-35(39(48)42(38(28)47)25-12-7-13-26(19-25)43(49)50)30(27)20-31-37(46)29(22-8-3-1-4-9-22)21-34(45)40(31,36)24-10-5-2-6-11-24/h1-15,17-19,21,28,30-31,35-36,44H,16,20H2/t28-,30+,31-,35-,36-,40-/m0/s1. The summed E-state index contributed by atoms with van der Waals surface area (Å²) in [5, 5.41) is 21.7. The Hall–Kier alpha value is -6.03. The van der Waals surface area contributed by atoms with Crippen molar-refractivity contribution in [3.8, 4) is 5.75 Å². The average molecular weight is 669 g/mol. The molecule has 4 aliphatic rings. The minimum absolute atomic E-state index is 0.0511. The van der Waals surface area contributed by atoms with Gasteiger partial charge in [0, 0.05) is 29.5 Å². The lowest BCUT2D eigenvalue weighted by Gasteiger charge is -2.55. The Kier molecular flexibility index (Phi) is 7.22. The van der Waals surface area contributed by atoms with Crippen molar-refractivity contribution in [2.75, 3.05) is 4.90 Å². The molecule has 0 spiro atoms. The summed E-state index contributed by atoms with van der Waals surface area (Å²) in [6.45, 7) is 0. The van der Waals surface area contributed by atoms with Gasteiger partial charge in [0.15, 0.2) is 23.1 Å². The number of imide groups is 1. The molecule has 0 bridgehead atoms. The number of hydrogen-bond donors (Lipinski definition) is 1. The maximum atomic E-state index is 15.2. The number of non-ortho nitro benzene ring substituents is 1. The van der Waals surface area contributed by atoms with E-state index in [1.807, 2.05) is 6.08 Å². The molecule has 0 aromatic heterocycles. The van der Waals surface area contributed by atoms with E-state index in [4.69, 9.17) is 0 Å². The quantitative estimate of drug-likeness (QED) is 0.112. The number of halogens is 1. The Morgan fingerprint density at radius 1 is 0.840 bits per heavy atom. The summed E-state index contributed by atoms with van der Waals surface area (Å²) in [6.07, 6.45) is 3.41. The largest absolute Gasteiger partial charge is 0.505 e. The van der Waals surface area contributed by atoms with Crippen LogP contribution in [0.1, 0.15) is 35.4 Å². The first kappa shape index (κ1) is 31.3. The number of carbonyl (C=O) groups is 4. The molecule has 248 valence electrons. The van der Waals surface area contributed by atoms with E-state index in [2.05, 4.69) is 0 Å². The zero-order valence-electron chi connectivity index (χ0n) is 26.4. The van der Waals surface area contributed by atoms with Crippen LogP contribution in [0.5, 0.6) is 5.75 Å². The summed E-state index contributed by atoms with van der Waals surface area (Å²) in [4.78, 5) is 70.2. The van der Waals surface area contributed by atoms with Crippen molar-refractivity contribution in [1.82, 2.24) is 0 Å². The number of anilines is 1. The highest BCUT2D eigenvalue weighted by Crippen LogP contribution is 2.63. The Morgan fingerprint density at radius 2 is 1.56 bits per heavy atom. The third kappa shape index (κ3) is 4.44. The Balaban J connectivity index is 1.35. The number of nitro groups is 1. The lowest BCUT2D eigenvalue weighted by Crippen LogP contribution is -2.58. The molecule has 0 radical (unpaired) electrons. The zero-order valence-corrected chi connectivity index (χ0v) is 26.4. The zero-order chi connectivity index (χ0) is 34.9. The first-order chi connectivity index (χ1) is 24.1. The van der Waals surface area contributed by atoms with Gasteiger partial charge in [-0.25, -0.2) is 9.29 Å². The van der Waals surface area contributed by atoms with Crippen molar-refractivity contribution >= 4 is 40.3 Å². The Bertz CT molecular complexity index is 2200. The van der Waals surface area contributed by atoms with Gasteiger partial charge in [0.2, 0.25) is 11.8 Å². The molecule has 0 unspecified atom stereocenters. The number of phenols is 1. The molecular weight excluding hydrogens is 639 g/mol. The van der Waals surface area contributed by atoms with Gasteiger partial charge in [-0.05, 0) is 59.7 Å². The Labute approximate surface area is 285 Å². The van der Waals surface area contributed by atoms with Crippen LogP contribution >= 0.6 is 0 Å². The van der Waals surface area contributed by atoms with Crippen LogP contribution in [0.2, 0.25) is 0 Å². The van der Waals surface area contributed by atoms with Crippen LogP contribution in [-0.4, -0.2) is 33.4 Å². The fourth-order valence-corrected chi connectivity index (χ4v) is 8.95. The number of aromatic hydroxyl groups is 1. The molecule has 4 aromatic rings. The summed E-state index contributed by atoms with van der Waals surface area (Å²) in [7, 11) is 0. The van der Waals surface area contributed by atoms with Crippen LogP contribution in [0, 0.1) is 39.6 Å². The summed E-state index contributed by atoms with van der Waals surface area (Å²) in [6, 6.07) is 27.0. The summed E-state index contributed by atoms with van der Waals surface area (Å²) in [5.74, 6) is -7.60. The fraction of sp³-hybridized carbons (Fsp3) is 0.200. The molecule has 50 heavy (non-hydrogen) atoms. The van der Waals surface area contributed by atoms with E-state index in [1.165, 1.54) is 48.5 Å². The third-order valence-corrected chi connectivity index (χ3v) is 11.0. The van der Waals surface area contributed by atoms with Crippen molar-refractivity contribution in [3.05, 3.63) is 153 Å². The van der Waals surface area contributed by atoms with E-state index in [1.54, 1.807) is 60.7 Å². The maximum Gasteiger partial charge on any atom is 0.271 e. The van der Waals surface area contributed by atoms with E-state index in [-0.39, 0.29) is 41.4 Å². The van der Waals surface area contributed by atoms with Gasteiger partial charge >= 0.3 is 0 Å². The molecule has 6 atom stereocenters. The molecule has 9 nitrogen and oxygen atoms in total. The van der Waals surface area contributed by atoms with Crippen molar-refractivity contribution in [1.29, 1.82) is 0 Å². The van der Waals surface area contributed by atoms with Crippen molar-refractivity contribution in [2.45, 2.75) is 24.2 Å². The van der Waals surface area contributed by atoms with Crippen LogP contribution in [0.4, 0.5) is 15.8 Å². The molecule has 1 saturated carbocycles. The molecule has 1 saturated heterocycles. The van der Waals surface area contributed by atoms with Gasteiger partial charge in [0.05, 0.1) is 27.9 Å². The molecule has 10 heteroatoms. The van der Waals surface area contributed by atoms with Crippen LogP contribution in [0.15, 0.2) is 121 Å². The normalized spacial score (nSPS) is 27.2. The minimum Gasteiger partial charge on any atom is -0.505 e. The van der Waals surface area contributed by atoms with Gasteiger partial charge in [0.25, 0.3) is 5.69 Å². The van der Waals surface area contributed by atoms with Crippen LogP contribution in [-0.2, 0) is 24.6 Å². The maximum absolute atomic E-state index is 15.2. The number of nitrogens with zero attached hydrogens (tertiary/aromatic N) is 2. The number of hydrogen-bond acceptors (Lipinski definition) is 7. The molecule has 1 N–H and O–H groups in total. The van der Waals surface area contributed by atoms with Gasteiger partial charge in [-0.3, -0.25) is 29.3 Å². The molecule has 2 amide bonds. The molecule has 1 heterocycles. The van der Waals surface area contributed by atoms with E-state index < -0.39 is 63.3 Å². The highest BCUT2D eigenvalue weighted by Gasteiger charge is 2.66. The topological polar surface area (TPSA) is 135 Å². The molecule has 8 rings (SSSR count). The number of Topliss-reactive ketones (excluding diaryl/α,β-unsaturated/α-hetero) is 1. The van der Waals surface area contributed by atoms with E-state index in [0.29, 0.717) is 22.3 Å². The fourth-order valence-electron chi connectivity index (χ4n) is 8.95. The summed E-state index contributed by atoms with van der Waals surface area (Å²) >= 11 is 0. The van der Waals surface area contributed by atoms with Crippen LogP contribution in [0.25, 0.3) is 5.57 Å². The predicted molar refractivity (Wildman–Crippen MR) is 180 cm³/mol. The van der Waals surface area contributed by atoms with Gasteiger partial charge < -0.3 is 5.11 Å². The molecular formula is C40H29FN2O7. The number of benzene rings is 4.